The van der Waals surface area contributed by atoms with Gasteiger partial charge in [-0.15, -0.1) is 0 Å². The molecular weight excluding hydrogens is 739 g/mol. The Balaban J connectivity index is 0.949. The predicted octanol–water partition coefficient (Wildman–Crippen LogP) is 15.8. The molecule has 3 nitrogen and oxygen atoms in total. The van der Waals surface area contributed by atoms with Crippen molar-refractivity contribution in [2.45, 2.75) is 0 Å². The maximum atomic E-state index is 2.40. The van der Waals surface area contributed by atoms with Crippen molar-refractivity contribution in [2.24, 2.45) is 0 Å². The monoisotopic (exact) mass is 777 g/mol. The molecule has 0 unspecified atom stereocenters. The number of aromatic nitrogens is 2. The third-order valence-electron chi connectivity index (χ3n) is 12.3. The molecule has 0 saturated carbocycles. The smallest absolute Gasteiger partial charge is 0.0561 e. The molecular formula is C58H39N3. The van der Waals surface area contributed by atoms with Gasteiger partial charge in [0, 0.05) is 50.0 Å². The van der Waals surface area contributed by atoms with Gasteiger partial charge >= 0.3 is 0 Å². The molecule has 0 N–H and O–H groups in total. The fourth-order valence-corrected chi connectivity index (χ4v) is 9.46. The van der Waals surface area contributed by atoms with Crippen LogP contribution in [0.25, 0.3) is 88.0 Å². The van der Waals surface area contributed by atoms with Gasteiger partial charge in [-0.2, -0.15) is 0 Å². The van der Waals surface area contributed by atoms with Crippen molar-refractivity contribution in [3.8, 4) is 33.6 Å². The van der Waals surface area contributed by atoms with Crippen LogP contribution in [0.4, 0.5) is 17.1 Å². The van der Waals surface area contributed by atoms with Gasteiger partial charge in [-0.25, -0.2) is 0 Å². The highest BCUT2D eigenvalue weighted by Gasteiger charge is 2.19. The summed E-state index contributed by atoms with van der Waals surface area (Å²) in [5.74, 6) is 0. The number of benzene rings is 10. The summed E-state index contributed by atoms with van der Waals surface area (Å²) in [5.41, 5.74) is 15.1. The van der Waals surface area contributed by atoms with E-state index in [1.807, 2.05) is 0 Å². The van der Waals surface area contributed by atoms with Crippen LogP contribution < -0.4 is 4.90 Å². The second kappa shape index (κ2) is 14.3. The van der Waals surface area contributed by atoms with Gasteiger partial charge in [0.2, 0.25) is 0 Å². The Morgan fingerprint density at radius 1 is 0.262 bits per heavy atom. The quantitative estimate of drug-likeness (QED) is 0.157. The Morgan fingerprint density at radius 3 is 1.39 bits per heavy atom. The summed E-state index contributed by atoms with van der Waals surface area (Å²) in [4.78, 5) is 2.38. The third kappa shape index (κ3) is 5.82. The zero-order chi connectivity index (χ0) is 40.3. The van der Waals surface area contributed by atoms with Crippen LogP contribution in [0, 0.1) is 0 Å². The average Bonchev–Trinajstić information content (AvgIpc) is 3.86. The van der Waals surface area contributed by atoms with E-state index >= 15 is 0 Å². The molecule has 10 aromatic carbocycles. The Morgan fingerprint density at radius 2 is 0.721 bits per heavy atom. The number of hydrogen-bond donors (Lipinski definition) is 0. The maximum absolute atomic E-state index is 2.40. The standard InChI is InChI=1S/C58H39N3/c1-3-13-40(14-4-1)41-23-30-46(31-24-41)59(49-36-37-52-51-19-9-11-21-54(51)61(57(52)39-49)45-16-5-2-6-17-45)47-32-25-42(26-33-47)43-27-34-48(35-28-43)60-55-22-12-10-20-53(55)58-50-18-8-7-15-44(50)29-38-56(58)60/h1-39H. The molecule has 0 radical (unpaired) electrons. The summed E-state index contributed by atoms with van der Waals surface area (Å²) in [6, 6.07) is 85.8. The SMILES string of the molecule is c1ccc(-c2ccc(N(c3ccc(-c4ccc(-n5c6ccccc6c6c7ccccc7ccc65)cc4)cc3)c3ccc4c5ccccc5n(-c5ccccc5)c4c3)cc2)cc1. The topological polar surface area (TPSA) is 13.1 Å². The fourth-order valence-electron chi connectivity index (χ4n) is 9.46. The number of hydrogen-bond acceptors (Lipinski definition) is 1. The minimum atomic E-state index is 1.09. The van der Waals surface area contributed by atoms with Crippen LogP contribution >= 0.6 is 0 Å². The molecule has 3 heteroatoms. The lowest BCUT2D eigenvalue weighted by molar-refractivity contribution is 1.18. The van der Waals surface area contributed by atoms with Crippen molar-refractivity contribution in [1.29, 1.82) is 0 Å². The van der Waals surface area contributed by atoms with Crippen LogP contribution in [0.5, 0.6) is 0 Å². The van der Waals surface area contributed by atoms with Crippen molar-refractivity contribution in [2.75, 3.05) is 4.90 Å². The molecule has 0 amide bonds. The number of rotatable bonds is 7. The molecule has 0 aliphatic rings. The van der Waals surface area contributed by atoms with Gasteiger partial charge in [-0.3, -0.25) is 0 Å². The van der Waals surface area contributed by atoms with Gasteiger partial charge < -0.3 is 14.0 Å². The van der Waals surface area contributed by atoms with Crippen LogP contribution in [0.15, 0.2) is 237 Å². The molecule has 0 aliphatic heterocycles. The van der Waals surface area contributed by atoms with Crippen LogP contribution in [0.2, 0.25) is 0 Å². The lowest BCUT2D eigenvalue weighted by Gasteiger charge is -2.26. The second-order valence-electron chi connectivity index (χ2n) is 15.8. The molecule has 2 aromatic heterocycles. The van der Waals surface area contributed by atoms with Gasteiger partial charge in [0.15, 0.2) is 0 Å². The summed E-state index contributed by atoms with van der Waals surface area (Å²) >= 11 is 0. The highest BCUT2D eigenvalue weighted by Crippen LogP contribution is 2.41. The van der Waals surface area contributed by atoms with E-state index in [-0.39, 0.29) is 0 Å². The number of nitrogens with zero attached hydrogens (tertiary/aromatic N) is 3. The minimum Gasteiger partial charge on any atom is -0.310 e. The predicted molar refractivity (Wildman–Crippen MR) is 258 cm³/mol. The summed E-state index contributed by atoms with van der Waals surface area (Å²) < 4.78 is 4.79. The van der Waals surface area contributed by atoms with E-state index in [2.05, 4.69) is 251 Å². The number of fused-ring (bicyclic) bond motifs is 8. The molecule has 286 valence electrons. The van der Waals surface area contributed by atoms with E-state index in [0.717, 1.165) is 28.4 Å². The first-order chi connectivity index (χ1) is 30.3. The zero-order valence-corrected chi connectivity index (χ0v) is 33.4. The molecule has 0 fully saturated rings. The van der Waals surface area contributed by atoms with Gasteiger partial charge in [-0.1, -0.05) is 158 Å². The normalized spacial score (nSPS) is 11.6. The molecule has 12 rings (SSSR count). The lowest BCUT2D eigenvalue weighted by atomic mass is 10.0. The largest absolute Gasteiger partial charge is 0.310 e. The Labute approximate surface area is 354 Å². The van der Waals surface area contributed by atoms with Crippen molar-refractivity contribution in [3.05, 3.63) is 237 Å². The van der Waals surface area contributed by atoms with Gasteiger partial charge in [0.1, 0.15) is 0 Å². The first-order valence-corrected chi connectivity index (χ1v) is 20.9. The van der Waals surface area contributed by atoms with E-state index < -0.39 is 0 Å². The summed E-state index contributed by atoms with van der Waals surface area (Å²) in [5, 5.41) is 7.59. The van der Waals surface area contributed by atoms with Gasteiger partial charge in [-0.05, 0) is 112 Å². The van der Waals surface area contributed by atoms with E-state index in [9.17, 15) is 0 Å². The van der Waals surface area contributed by atoms with Crippen LogP contribution in [-0.2, 0) is 0 Å². The van der Waals surface area contributed by atoms with E-state index in [4.69, 9.17) is 0 Å². The molecule has 61 heavy (non-hydrogen) atoms. The van der Waals surface area contributed by atoms with Crippen molar-refractivity contribution >= 4 is 71.4 Å². The average molecular weight is 778 g/mol. The van der Waals surface area contributed by atoms with Crippen molar-refractivity contribution < 1.29 is 0 Å². The molecule has 0 bridgehead atoms. The Kier molecular flexibility index (Phi) is 8.17. The highest BCUT2D eigenvalue weighted by atomic mass is 15.1. The van der Waals surface area contributed by atoms with Gasteiger partial charge in [0.05, 0.1) is 22.1 Å². The second-order valence-corrected chi connectivity index (χ2v) is 15.8. The first-order valence-electron chi connectivity index (χ1n) is 20.9. The van der Waals surface area contributed by atoms with Crippen LogP contribution in [0.1, 0.15) is 0 Å². The van der Waals surface area contributed by atoms with E-state index in [1.165, 1.54) is 76.6 Å². The molecule has 12 aromatic rings. The molecule has 0 aliphatic carbocycles. The van der Waals surface area contributed by atoms with E-state index in [0.29, 0.717) is 0 Å². The molecule has 0 saturated heterocycles. The molecule has 0 atom stereocenters. The summed E-state index contributed by atoms with van der Waals surface area (Å²) in [6.45, 7) is 0. The van der Waals surface area contributed by atoms with Crippen molar-refractivity contribution in [3.63, 3.8) is 0 Å². The molecule has 2 heterocycles. The van der Waals surface area contributed by atoms with Crippen molar-refractivity contribution in [1.82, 2.24) is 9.13 Å². The first kappa shape index (κ1) is 34.9. The van der Waals surface area contributed by atoms with Crippen LogP contribution in [-0.4, -0.2) is 9.13 Å². The number of para-hydroxylation sites is 3. The summed E-state index contributed by atoms with van der Waals surface area (Å²) in [7, 11) is 0. The van der Waals surface area contributed by atoms with Crippen LogP contribution in [0.3, 0.4) is 0 Å². The Hall–Kier alpha value is -8.14. The zero-order valence-electron chi connectivity index (χ0n) is 33.4. The maximum Gasteiger partial charge on any atom is 0.0561 e. The van der Waals surface area contributed by atoms with Gasteiger partial charge in [0.25, 0.3) is 0 Å². The highest BCUT2D eigenvalue weighted by molar-refractivity contribution is 6.21. The Bertz CT molecular complexity index is 3540. The fraction of sp³-hybridized carbons (Fsp3) is 0. The number of anilines is 3. The summed E-state index contributed by atoms with van der Waals surface area (Å²) in [6.07, 6.45) is 0. The molecule has 0 spiro atoms. The lowest BCUT2D eigenvalue weighted by Crippen LogP contribution is -2.10. The van der Waals surface area contributed by atoms with E-state index in [1.54, 1.807) is 0 Å². The minimum absolute atomic E-state index is 1.09. The third-order valence-corrected chi connectivity index (χ3v) is 12.3.